The minimum atomic E-state index is 0.445. The molecule has 0 bridgehead atoms. The Kier molecular flexibility index (Phi) is 6.03. The summed E-state index contributed by atoms with van der Waals surface area (Å²) >= 11 is 0. The predicted molar refractivity (Wildman–Crippen MR) is 85.7 cm³/mol. The van der Waals surface area contributed by atoms with Gasteiger partial charge >= 0.3 is 0 Å². The van der Waals surface area contributed by atoms with Gasteiger partial charge in [0.15, 0.2) is 0 Å². The molecule has 3 unspecified atom stereocenters. The molecule has 0 spiro atoms. The molecule has 3 atom stereocenters. The van der Waals surface area contributed by atoms with Crippen LogP contribution in [-0.2, 0) is 0 Å². The first-order valence-corrected chi connectivity index (χ1v) is 8.43. The second-order valence-electron chi connectivity index (χ2n) is 6.25. The third-order valence-electron chi connectivity index (χ3n) is 4.76. The Hall–Kier alpha value is -0.890. The van der Waals surface area contributed by atoms with Gasteiger partial charge in [0.1, 0.15) is 0 Å². The van der Waals surface area contributed by atoms with Crippen LogP contribution in [-0.4, -0.2) is 11.5 Å². The number of rotatable bonds is 6. The number of nitrogens with zero attached hydrogens (tertiary/aromatic N) is 1. The van der Waals surface area contributed by atoms with Gasteiger partial charge in [-0.15, -0.1) is 0 Å². The Morgan fingerprint density at radius 1 is 1.25 bits per heavy atom. The van der Waals surface area contributed by atoms with E-state index in [1.54, 1.807) is 0 Å². The van der Waals surface area contributed by atoms with Gasteiger partial charge < -0.3 is 5.32 Å². The normalized spacial score (nSPS) is 24.6. The highest BCUT2D eigenvalue weighted by molar-refractivity contribution is 5.15. The lowest BCUT2D eigenvalue weighted by Gasteiger charge is -2.37. The molecule has 0 radical (unpaired) electrons. The highest BCUT2D eigenvalue weighted by Gasteiger charge is 2.32. The van der Waals surface area contributed by atoms with Gasteiger partial charge in [-0.05, 0) is 50.3 Å². The highest BCUT2D eigenvalue weighted by atomic mass is 14.9. The van der Waals surface area contributed by atoms with Crippen LogP contribution in [0.2, 0.25) is 0 Å². The average molecular weight is 274 g/mol. The number of nitrogens with one attached hydrogen (secondary N) is 1. The first kappa shape index (κ1) is 15.5. The fraction of sp³-hybridized carbons (Fsp3) is 0.722. The minimum Gasteiger partial charge on any atom is -0.308 e. The maximum atomic E-state index is 4.81. The maximum Gasteiger partial charge on any atom is 0.0579 e. The van der Waals surface area contributed by atoms with Crippen LogP contribution in [0.3, 0.4) is 0 Å². The van der Waals surface area contributed by atoms with E-state index in [4.69, 9.17) is 4.98 Å². The van der Waals surface area contributed by atoms with Crippen molar-refractivity contribution in [2.45, 2.75) is 65.3 Å². The molecule has 1 N–H and O–H groups in total. The van der Waals surface area contributed by atoms with E-state index in [2.05, 4.69) is 44.3 Å². The van der Waals surface area contributed by atoms with Crippen molar-refractivity contribution in [3.63, 3.8) is 0 Å². The van der Waals surface area contributed by atoms with Crippen LogP contribution in [0.15, 0.2) is 18.2 Å². The van der Waals surface area contributed by atoms with E-state index in [0.717, 1.165) is 24.1 Å². The number of hydrogen-bond donors (Lipinski definition) is 1. The molecule has 1 fully saturated rings. The van der Waals surface area contributed by atoms with Crippen molar-refractivity contribution >= 4 is 0 Å². The van der Waals surface area contributed by atoms with Crippen LogP contribution < -0.4 is 5.32 Å². The molecule has 1 aliphatic carbocycles. The van der Waals surface area contributed by atoms with Crippen molar-refractivity contribution in [2.24, 2.45) is 11.8 Å². The SMILES string of the molecule is CCCNC(c1cccc(C)n1)C1CCCCC1CC. The Bertz CT molecular complexity index is 402. The lowest BCUT2D eigenvalue weighted by atomic mass is 9.73. The molecule has 20 heavy (non-hydrogen) atoms. The first-order valence-electron chi connectivity index (χ1n) is 8.43. The van der Waals surface area contributed by atoms with Gasteiger partial charge in [-0.3, -0.25) is 4.98 Å². The standard InChI is InChI=1S/C18H30N2/c1-4-13-19-18(17-12-8-9-14(3)20-17)16-11-7-6-10-15(16)5-2/h8-9,12,15-16,18-19H,4-7,10-11,13H2,1-3H3. The average Bonchev–Trinajstić information content (AvgIpc) is 2.48. The van der Waals surface area contributed by atoms with Gasteiger partial charge in [0, 0.05) is 5.69 Å². The van der Waals surface area contributed by atoms with E-state index in [1.807, 2.05) is 0 Å². The number of aromatic nitrogens is 1. The molecule has 2 heteroatoms. The molecule has 0 saturated heterocycles. The lowest BCUT2D eigenvalue weighted by molar-refractivity contribution is 0.173. The minimum absolute atomic E-state index is 0.445. The first-order chi connectivity index (χ1) is 9.76. The summed E-state index contributed by atoms with van der Waals surface area (Å²) < 4.78 is 0. The smallest absolute Gasteiger partial charge is 0.0579 e. The van der Waals surface area contributed by atoms with E-state index >= 15 is 0 Å². The fourth-order valence-corrected chi connectivity index (χ4v) is 3.69. The van der Waals surface area contributed by atoms with E-state index in [-0.39, 0.29) is 0 Å². The third kappa shape index (κ3) is 3.82. The molecular weight excluding hydrogens is 244 g/mol. The molecular formula is C18H30N2. The van der Waals surface area contributed by atoms with Crippen LogP contribution in [0.25, 0.3) is 0 Å². The van der Waals surface area contributed by atoms with Crippen molar-refractivity contribution in [3.05, 3.63) is 29.6 Å². The van der Waals surface area contributed by atoms with E-state index in [0.29, 0.717) is 6.04 Å². The summed E-state index contributed by atoms with van der Waals surface area (Å²) in [6.45, 7) is 7.78. The molecule has 2 nitrogen and oxygen atoms in total. The maximum absolute atomic E-state index is 4.81. The van der Waals surface area contributed by atoms with Gasteiger partial charge in [0.25, 0.3) is 0 Å². The van der Waals surface area contributed by atoms with Crippen molar-refractivity contribution in [2.75, 3.05) is 6.54 Å². The quantitative estimate of drug-likeness (QED) is 0.817. The molecule has 1 aromatic heterocycles. The van der Waals surface area contributed by atoms with Crippen LogP contribution in [0, 0.1) is 18.8 Å². The summed E-state index contributed by atoms with van der Waals surface area (Å²) in [5, 5.41) is 3.78. The second-order valence-corrected chi connectivity index (χ2v) is 6.25. The Balaban J connectivity index is 2.21. The Labute approximate surface area is 124 Å². The molecule has 0 aromatic carbocycles. The molecule has 1 saturated carbocycles. The van der Waals surface area contributed by atoms with Crippen molar-refractivity contribution < 1.29 is 0 Å². The molecule has 1 aromatic rings. The monoisotopic (exact) mass is 274 g/mol. The fourth-order valence-electron chi connectivity index (χ4n) is 3.69. The van der Waals surface area contributed by atoms with Gasteiger partial charge in [-0.2, -0.15) is 0 Å². The van der Waals surface area contributed by atoms with Crippen molar-refractivity contribution in [1.29, 1.82) is 0 Å². The molecule has 0 aliphatic heterocycles. The number of hydrogen-bond acceptors (Lipinski definition) is 2. The summed E-state index contributed by atoms with van der Waals surface area (Å²) in [6, 6.07) is 6.91. The third-order valence-corrected chi connectivity index (χ3v) is 4.76. The van der Waals surface area contributed by atoms with Crippen LogP contribution >= 0.6 is 0 Å². The van der Waals surface area contributed by atoms with Gasteiger partial charge in [-0.25, -0.2) is 0 Å². The van der Waals surface area contributed by atoms with Gasteiger partial charge in [-0.1, -0.05) is 45.6 Å². The van der Waals surface area contributed by atoms with Crippen LogP contribution in [0.5, 0.6) is 0 Å². The van der Waals surface area contributed by atoms with E-state index < -0.39 is 0 Å². The Morgan fingerprint density at radius 2 is 2.05 bits per heavy atom. The molecule has 0 amide bonds. The summed E-state index contributed by atoms with van der Waals surface area (Å²) in [6.07, 6.45) is 8.05. The van der Waals surface area contributed by atoms with Crippen molar-refractivity contribution in [3.8, 4) is 0 Å². The highest BCUT2D eigenvalue weighted by Crippen LogP contribution is 2.39. The second kappa shape index (κ2) is 7.78. The van der Waals surface area contributed by atoms with Crippen LogP contribution in [0.4, 0.5) is 0 Å². The van der Waals surface area contributed by atoms with Crippen LogP contribution in [0.1, 0.15) is 69.8 Å². The summed E-state index contributed by atoms with van der Waals surface area (Å²) in [5.41, 5.74) is 2.39. The number of aryl methyl sites for hydroxylation is 1. The molecule has 1 aliphatic rings. The van der Waals surface area contributed by atoms with E-state index in [1.165, 1.54) is 44.2 Å². The summed E-state index contributed by atoms with van der Waals surface area (Å²) in [5.74, 6) is 1.62. The largest absolute Gasteiger partial charge is 0.308 e. The predicted octanol–water partition coefficient (Wildman–Crippen LogP) is 4.65. The zero-order valence-electron chi connectivity index (χ0n) is 13.4. The number of pyridine rings is 1. The summed E-state index contributed by atoms with van der Waals surface area (Å²) in [4.78, 5) is 4.81. The molecule has 2 rings (SSSR count). The van der Waals surface area contributed by atoms with Gasteiger partial charge in [0.05, 0.1) is 11.7 Å². The van der Waals surface area contributed by atoms with Gasteiger partial charge in [0.2, 0.25) is 0 Å². The Morgan fingerprint density at radius 3 is 2.75 bits per heavy atom. The topological polar surface area (TPSA) is 24.9 Å². The lowest BCUT2D eigenvalue weighted by Crippen LogP contribution is -2.35. The summed E-state index contributed by atoms with van der Waals surface area (Å²) in [7, 11) is 0. The van der Waals surface area contributed by atoms with Crippen molar-refractivity contribution in [1.82, 2.24) is 10.3 Å². The molecule has 112 valence electrons. The van der Waals surface area contributed by atoms with E-state index in [9.17, 15) is 0 Å². The zero-order valence-corrected chi connectivity index (χ0v) is 13.4. The molecule has 1 heterocycles. The zero-order chi connectivity index (χ0) is 14.4.